The van der Waals surface area contributed by atoms with E-state index in [0.717, 1.165) is 0 Å². The Morgan fingerprint density at radius 1 is 0.750 bits per heavy atom. The number of carbonyl (C=O) groups excluding carboxylic acids is 2. The third kappa shape index (κ3) is 2.66. The van der Waals surface area contributed by atoms with Gasteiger partial charge in [0.2, 0.25) is 0 Å². The molecule has 0 fully saturated rings. The van der Waals surface area contributed by atoms with Gasteiger partial charge in [-0.3, -0.25) is 9.59 Å². The molecule has 0 atom stereocenters. The zero-order valence-corrected chi connectivity index (χ0v) is 13.0. The highest BCUT2D eigenvalue weighted by Gasteiger charge is 2.32. The van der Waals surface area contributed by atoms with Crippen LogP contribution in [-0.2, 0) is 0 Å². The Kier molecular flexibility index (Phi) is 4.59. The Morgan fingerprint density at radius 3 is 2.04 bits per heavy atom. The average Bonchev–Trinajstić information content (AvgIpc) is 2.62. The number of hydrogen-bond donors (Lipinski definition) is 4. The average molecular weight is 326 g/mol. The number of fused-ring (bicyclic) bond motifs is 2. The summed E-state index contributed by atoms with van der Waals surface area (Å²) in [7, 11) is 0. The molecule has 0 aliphatic heterocycles. The fraction of sp³-hybridized carbons (Fsp3) is 0.222. The highest BCUT2D eigenvalue weighted by atomic mass is 16.3. The number of carbonyl (C=O) groups is 2. The molecular weight excluding hydrogens is 308 g/mol. The van der Waals surface area contributed by atoms with Crippen LogP contribution >= 0.6 is 0 Å². The molecule has 1 aliphatic rings. The number of hydrogen-bond acceptors (Lipinski definition) is 6. The third-order valence-electron chi connectivity index (χ3n) is 3.93. The quantitative estimate of drug-likeness (QED) is 0.544. The van der Waals surface area contributed by atoms with Crippen LogP contribution in [0, 0.1) is 0 Å². The summed E-state index contributed by atoms with van der Waals surface area (Å²) in [5.41, 5.74) is 2.50. The summed E-state index contributed by atoms with van der Waals surface area (Å²) in [4.78, 5) is 25.6. The van der Waals surface area contributed by atoms with Crippen LogP contribution in [0.2, 0.25) is 0 Å². The van der Waals surface area contributed by atoms with Crippen molar-refractivity contribution < 1.29 is 19.8 Å². The van der Waals surface area contributed by atoms with Gasteiger partial charge in [-0.25, -0.2) is 0 Å². The number of aliphatic hydroxyl groups excluding tert-OH is 2. The fourth-order valence-corrected chi connectivity index (χ4v) is 2.89. The van der Waals surface area contributed by atoms with E-state index in [0.29, 0.717) is 40.2 Å². The number of benzene rings is 2. The van der Waals surface area contributed by atoms with E-state index in [2.05, 4.69) is 10.6 Å². The van der Waals surface area contributed by atoms with E-state index in [1.165, 1.54) is 0 Å². The van der Waals surface area contributed by atoms with Crippen LogP contribution in [0.1, 0.15) is 31.8 Å². The molecule has 0 saturated heterocycles. The summed E-state index contributed by atoms with van der Waals surface area (Å²) in [6.45, 7) is 0.382. The molecule has 2 aromatic carbocycles. The van der Waals surface area contributed by atoms with Gasteiger partial charge in [0, 0.05) is 29.8 Å². The molecule has 0 heterocycles. The first kappa shape index (κ1) is 16.2. The fourth-order valence-electron chi connectivity index (χ4n) is 2.89. The van der Waals surface area contributed by atoms with Crippen LogP contribution in [0.4, 0.5) is 11.4 Å². The zero-order valence-electron chi connectivity index (χ0n) is 13.0. The number of anilines is 2. The minimum Gasteiger partial charge on any atom is -0.395 e. The molecule has 0 saturated carbocycles. The van der Waals surface area contributed by atoms with Gasteiger partial charge >= 0.3 is 0 Å². The largest absolute Gasteiger partial charge is 0.395 e. The van der Waals surface area contributed by atoms with Crippen molar-refractivity contribution in [2.45, 2.75) is 0 Å². The number of aliphatic hydroxyl groups is 2. The summed E-state index contributed by atoms with van der Waals surface area (Å²) in [6.07, 6.45) is 0. The molecule has 4 N–H and O–H groups in total. The van der Waals surface area contributed by atoms with Gasteiger partial charge in [0.15, 0.2) is 11.6 Å². The lowest BCUT2D eigenvalue weighted by Crippen LogP contribution is -2.24. The van der Waals surface area contributed by atoms with Crippen LogP contribution in [0.5, 0.6) is 0 Å². The van der Waals surface area contributed by atoms with Crippen molar-refractivity contribution >= 4 is 22.9 Å². The molecule has 0 bridgehead atoms. The predicted molar refractivity (Wildman–Crippen MR) is 90.9 cm³/mol. The molecule has 24 heavy (non-hydrogen) atoms. The highest BCUT2D eigenvalue weighted by molar-refractivity contribution is 6.30. The van der Waals surface area contributed by atoms with E-state index < -0.39 is 0 Å². The van der Waals surface area contributed by atoms with Gasteiger partial charge in [-0.2, -0.15) is 0 Å². The maximum atomic E-state index is 12.9. The Labute approximate surface area is 139 Å². The second-order valence-electron chi connectivity index (χ2n) is 5.42. The van der Waals surface area contributed by atoms with Gasteiger partial charge in [0.05, 0.1) is 30.2 Å². The van der Waals surface area contributed by atoms with Gasteiger partial charge < -0.3 is 20.8 Å². The lowest BCUT2D eigenvalue weighted by Gasteiger charge is -2.23. The van der Waals surface area contributed by atoms with E-state index >= 15 is 0 Å². The van der Waals surface area contributed by atoms with Crippen molar-refractivity contribution in [1.29, 1.82) is 0 Å². The molecule has 0 spiro atoms. The Morgan fingerprint density at radius 2 is 1.38 bits per heavy atom. The molecule has 0 radical (unpaired) electrons. The van der Waals surface area contributed by atoms with E-state index in [4.69, 9.17) is 10.2 Å². The zero-order chi connectivity index (χ0) is 17.1. The SMILES string of the molecule is O=C1c2ccccc2C(=O)c2c1ccc(NCCO)c2NCCO. The lowest BCUT2D eigenvalue weighted by atomic mass is 9.83. The number of ketones is 2. The topological polar surface area (TPSA) is 98.7 Å². The van der Waals surface area contributed by atoms with Crippen molar-refractivity contribution in [3.05, 3.63) is 58.7 Å². The van der Waals surface area contributed by atoms with Gasteiger partial charge in [-0.05, 0) is 12.1 Å². The molecule has 0 unspecified atom stereocenters. The first-order valence-corrected chi connectivity index (χ1v) is 7.74. The standard InChI is InChI=1S/C18H18N2O4/c21-9-7-19-14-6-5-13-15(16(14)20-8-10-22)18(24)12-4-2-1-3-11(12)17(13)23/h1-6,19-22H,7-10H2. The number of rotatable bonds is 6. The molecule has 6 nitrogen and oxygen atoms in total. The van der Waals surface area contributed by atoms with Crippen molar-refractivity contribution in [2.24, 2.45) is 0 Å². The Bertz CT molecular complexity index is 802. The highest BCUT2D eigenvalue weighted by Crippen LogP contribution is 2.36. The molecule has 0 aromatic heterocycles. The first-order chi connectivity index (χ1) is 11.7. The van der Waals surface area contributed by atoms with E-state index in [1.54, 1.807) is 36.4 Å². The molecule has 124 valence electrons. The summed E-state index contributed by atoms with van der Waals surface area (Å²) in [6, 6.07) is 10.1. The van der Waals surface area contributed by atoms with Gasteiger partial charge in [0.25, 0.3) is 0 Å². The molecule has 1 aliphatic carbocycles. The van der Waals surface area contributed by atoms with Crippen LogP contribution in [0.3, 0.4) is 0 Å². The second-order valence-corrected chi connectivity index (χ2v) is 5.42. The van der Waals surface area contributed by atoms with Crippen molar-refractivity contribution in [2.75, 3.05) is 36.9 Å². The summed E-state index contributed by atoms with van der Waals surface area (Å²) in [5.74, 6) is -0.422. The normalized spacial score (nSPS) is 12.6. The summed E-state index contributed by atoms with van der Waals surface area (Å²) in [5, 5.41) is 24.2. The Hall–Kier alpha value is -2.70. The number of nitrogens with one attached hydrogen (secondary N) is 2. The maximum Gasteiger partial charge on any atom is 0.196 e. The Balaban J connectivity index is 2.16. The first-order valence-electron chi connectivity index (χ1n) is 7.74. The summed E-state index contributed by atoms with van der Waals surface area (Å²) < 4.78 is 0. The van der Waals surface area contributed by atoms with Crippen molar-refractivity contribution in [1.82, 2.24) is 0 Å². The molecule has 6 heteroatoms. The van der Waals surface area contributed by atoms with Crippen LogP contribution in [0.15, 0.2) is 36.4 Å². The van der Waals surface area contributed by atoms with E-state index in [9.17, 15) is 9.59 Å². The van der Waals surface area contributed by atoms with Gasteiger partial charge in [-0.15, -0.1) is 0 Å². The minimum atomic E-state index is -0.228. The van der Waals surface area contributed by atoms with Gasteiger partial charge in [0.1, 0.15) is 0 Å². The smallest absolute Gasteiger partial charge is 0.196 e. The predicted octanol–water partition coefficient (Wildman–Crippen LogP) is 1.27. The monoisotopic (exact) mass is 326 g/mol. The van der Waals surface area contributed by atoms with Gasteiger partial charge in [-0.1, -0.05) is 24.3 Å². The molecule has 0 amide bonds. The second kappa shape index (κ2) is 6.82. The van der Waals surface area contributed by atoms with Crippen LogP contribution < -0.4 is 10.6 Å². The maximum absolute atomic E-state index is 12.9. The molecule has 2 aromatic rings. The van der Waals surface area contributed by atoms with Crippen LogP contribution in [0.25, 0.3) is 0 Å². The third-order valence-corrected chi connectivity index (χ3v) is 3.93. The van der Waals surface area contributed by atoms with Crippen LogP contribution in [-0.4, -0.2) is 48.1 Å². The summed E-state index contributed by atoms with van der Waals surface area (Å²) >= 11 is 0. The van der Waals surface area contributed by atoms with Crippen molar-refractivity contribution in [3.63, 3.8) is 0 Å². The molecular formula is C18H18N2O4. The molecule has 3 rings (SSSR count). The lowest BCUT2D eigenvalue weighted by molar-refractivity contribution is 0.0979. The van der Waals surface area contributed by atoms with Crippen molar-refractivity contribution in [3.8, 4) is 0 Å². The van der Waals surface area contributed by atoms with E-state index in [-0.39, 0.29) is 31.3 Å². The minimum absolute atomic E-state index is 0.0633. The van der Waals surface area contributed by atoms with E-state index in [1.807, 2.05) is 0 Å².